The van der Waals surface area contributed by atoms with E-state index in [1.54, 1.807) is 12.1 Å². The van der Waals surface area contributed by atoms with Gasteiger partial charge in [0.1, 0.15) is 5.75 Å². The minimum atomic E-state index is -0.156. The van der Waals surface area contributed by atoms with Gasteiger partial charge in [-0.1, -0.05) is 12.8 Å². The summed E-state index contributed by atoms with van der Waals surface area (Å²) in [6.07, 6.45) is 6.75. The van der Waals surface area contributed by atoms with E-state index in [9.17, 15) is 9.90 Å². The highest BCUT2D eigenvalue weighted by atomic mass is 127. The second-order valence-electron chi connectivity index (χ2n) is 8.10. The number of aromatic hydroxyl groups is 1. The van der Waals surface area contributed by atoms with Gasteiger partial charge < -0.3 is 26.0 Å². The van der Waals surface area contributed by atoms with E-state index < -0.39 is 0 Å². The summed E-state index contributed by atoms with van der Waals surface area (Å²) in [7, 11) is 0. The van der Waals surface area contributed by atoms with Crippen LogP contribution in [0.2, 0.25) is 0 Å². The minimum Gasteiger partial charge on any atom is -0.508 e. The van der Waals surface area contributed by atoms with Gasteiger partial charge in [-0.3, -0.25) is 9.79 Å². The van der Waals surface area contributed by atoms with Crippen molar-refractivity contribution in [2.45, 2.75) is 45.1 Å². The molecule has 4 N–H and O–H groups in total. The number of halogens is 1. The summed E-state index contributed by atoms with van der Waals surface area (Å²) in [4.78, 5) is 19.3. The van der Waals surface area contributed by atoms with E-state index in [2.05, 4.69) is 32.8 Å². The van der Waals surface area contributed by atoms with Crippen molar-refractivity contribution in [1.29, 1.82) is 0 Å². The lowest BCUT2D eigenvalue weighted by atomic mass is 10.1. The van der Waals surface area contributed by atoms with Crippen molar-refractivity contribution < 1.29 is 9.90 Å². The van der Waals surface area contributed by atoms with Crippen LogP contribution in [0.15, 0.2) is 29.3 Å². The zero-order valence-corrected chi connectivity index (χ0v) is 20.2. The van der Waals surface area contributed by atoms with Crippen molar-refractivity contribution >= 4 is 35.8 Å². The van der Waals surface area contributed by atoms with Crippen LogP contribution < -0.4 is 16.0 Å². The van der Waals surface area contributed by atoms with E-state index in [1.165, 1.54) is 44.4 Å². The third-order valence-corrected chi connectivity index (χ3v) is 5.75. The van der Waals surface area contributed by atoms with Gasteiger partial charge in [0, 0.05) is 44.3 Å². The smallest absolute Gasteiger partial charge is 0.251 e. The Morgan fingerprint density at radius 3 is 2.60 bits per heavy atom. The Bertz CT molecular complexity index is 677. The zero-order chi connectivity index (χ0) is 20.5. The Labute approximate surface area is 197 Å². The van der Waals surface area contributed by atoms with E-state index in [0.717, 1.165) is 37.9 Å². The fourth-order valence-electron chi connectivity index (χ4n) is 4.24. The summed E-state index contributed by atoms with van der Waals surface area (Å²) in [5.41, 5.74) is 0.533. The third kappa shape index (κ3) is 7.94. The highest BCUT2D eigenvalue weighted by Gasteiger charge is 2.26. The Morgan fingerprint density at radius 2 is 1.90 bits per heavy atom. The van der Waals surface area contributed by atoms with Crippen molar-refractivity contribution in [2.75, 3.05) is 39.3 Å². The standard InChI is InChI=1S/C22H35N5O2.HI/c1-2-23-22(25-13-12-24-21(29)18-7-9-20(28)10-8-18)26-19-11-14-27(16-19)15-17-5-3-4-6-17;/h7-10,17,19,28H,2-6,11-16H2,1H3,(H,24,29)(H2,23,25,26);1H. The number of nitrogens with zero attached hydrogens (tertiary/aromatic N) is 2. The molecule has 1 aliphatic heterocycles. The molecule has 1 heterocycles. The van der Waals surface area contributed by atoms with Gasteiger partial charge in [-0.2, -0.15) is 0 Å². The van der Waals surface area contributed by atoms with Gasteiger partial charge in [0.2, 0.25) is 0 Å². The van der Waals surface area contributed by atoms with Crippen molar-refractivity contribution in [3.63, 3.8) is 0 Å². The molecule has 0 spiro atoms. The summed E-state index contributed by atoms with van der Waals surface area (Å²) >= 11 is 0. The van der Waals surface area contributed by atoms with Crippen LogP contribution in [0.1, 0.15) is 49.4 Å². The van der Waals surface area contributed by atoms with Gasteiger partial charge in [0.05, 0.1) is 6.54 Å². The summed E-state index contributed by atoms with van der Waals surface area (Å²) in [6.45, 7) is 7.34. The summed E-state index contributed by atoms with van der Waals surface area (Å²) in [6, 6.07) is 6.67. The average Bonchev–Trinajstić information content (AvgIpc) is 3.38. The number of phenolic OH excluding ortho intramolecular Hbond substituents is 1. The molecule has 3 rings (SSSR count). The first-order chi connectivity index (χ1) is 14.1. The van der Waals surface area contributed by atoms with Gasteiger partial charge in [-0.15, -0.1) is 24.0 Å². The van der Waals surface area contributed by atoms with E-state index in [-0.39, 0.29) is 35.6 Å². The second kappa shape index (κ2) is 13.0. The number of likely N-dealkylation sites (tertiary alicyclic amines) is 1. The molecule has 0 bridgehead atoms. The van der Waals surface area contributed by atoms with Crippen LogP contribution in [0.25, 0.3) is 0 Å². The average molecular weight is 529 g/mol. The number of rotatable bonds is 8. The van der Waals surface area contributed by atoms with Crippen LogP contribution in [0.5, 0.6) is 5.75 Å². The number of hydrogen-bond acceptors (Lipinski definition) is 4. The number of carbonyl (C=O) groups excluding carboxylic acids is 1. The maximum Gasteiger partial charge on any atom is 0.251 e. The Balaban J connectivity index is 0.00000320. The molecular formula is C22H36IN5O2. The summed E-state index contributed by atoms with van der Waals surface area (Å²) in [5.74, 6) is 1.71. The van der Waals surface area contributed by atoms with E-state index >= 15 is 0 Å². The molecule has 2 fully saturated rings. The van der Waals surface area contributed by atoms with Crippen LogP contribution in [0.4, 0.5) is 0 Å². The van der Waals surface area contributed by atoms with Gasteiger partial charge >= 0.3 is 0 Å². The van der Waals surface area contributed by atoms with Gasteiger partial charge in [-0.05, 0) is 56.4 Å². The molecule has 1 aliphatic carbocycles. The molecule has 8 heteroatoms. The maximum absolute atomic E-state index is 12.1. The van der Waals surface area contributed by atoms with E-state index in [1.807, 2.05) is 0 Å². The molecule has 168 valence electrons. The van der Waals surface area contributed by atoms with Crippen LogP contribution in [-0.4, -0.2) is 67.2 Å². The molecule has 30 heavy (non-hydrogen) atoms. The van der Waals surface area contributed by atoms with Crippen molar-refractivity contribution in [1.82, 2.24) is 20.9 Å². The topological polar surface area (TPSA) is 89.0 Å². The number of carbonyl (C=O) groups is 1. The highest BCUT2D eigenvalue weighted by molar-refractivity contribution is 14.0. The quantitative estimate of drug-likeness (QED) is 0.180. The van der Waals surface area contributed by atoms with Gasteiger partial charge in [-0.25, -0.2) is 0 Å². The largest absolute Gasteiger partial charge is 0.508 e. The predicted octanol–water partition coefficient (Wildman–Crippen LogP) is 2.56. The van der Waals surface area contributed by atoms with Crippen LogP contribution in [0.3, 0.4) is 0 Å². The summed E-state index contributed by atoms with van der Waals surface area (Å²) < 4.78 is 0. The zero-order valence-electron chi connectivity index (χ0n) is 17.9. The Morgan fingerprint density at radius 1 is 1.17 bits per heavy atom. The molecule has 0 aromatic heterocycles. The molecule has 1 saturated heterocycles. The number of phenols is 1. The monoisotopic (exact) mass is 529 g/mol. The maximum atomic E-state index is 12.1. The first-order valence-corrected chi connectivity index (χ1v) is 11.0. The lowest BCUT2D eigenvalue weighted by Gasteiger charge is -2.21. The molecular weight excluding hydrogens is 493 g/mol. The number of nitrogens with one attached hydrogen (secondary N) is 3. The fourth-order valence-corrected chi connectivity index (χ4v) is 4.24. The van der Waals surface area contributed by atoms with Gasteiger partial charge in [0.15, 0.2) is 5.96 Å². The number of hydrogen-bond donors (Lipinski definition) is 4. The fraction of sp³-hybridized carbons (Fsp3) is 0.636. The van der Waals surface area contributed by atoms with Crippen molar-refractivity contribution in [3.05, 3.63) is 29.8 Å². The molecule has 2 aliphatic rings. The first kappa shape index (κ1) is 24.7. The minimum absolute atomic E-state index is 0. The van der Waals surface area contributed by atoms with Crippen LogP contribution in [-0.2, 0) is 0 Å². The van der Waals surface area contributed by atoms with Crippen LogP contribution in [0, 0.1) is 5.92 Å². The lowest BCUT2D eigenvalue weighted by Crippen LogP contribution is -2.45. The SMILES string of the molecule is CCNC(=NCCNC(=O)c1ccc(O)cc1)NC1CCN(CC2CCCC2)C1.I. The lowest BCUT2D eigenvalue weighted by molar-refractivity contribution is 0.0955. The summed E-state index contributed by atoms with van der Waals surface area (Å²) in [5, 5.41) is 19.0. The van der Waals surface area contributed by atoms with Crippen molar-refractivity contribution in [2.24, 2.45) is 10.9 Å². The first-order valence-electron chi connectivity index (χ1n) is 11.0. The molecule has 1 amide bonds. The number of guanidine groups is 1. The highest BCUT2D eigenvalue weighted by Crippen LogP contribution is 2.26. The van der Waals surface area contributed by atoms with Crippen LogP contribution >= 0.6 is 24.0 Å². The van der Waals surface area contributed by atoms with E-state index in [0.29, 0.717) is 24.7 Å². The Hall–Kier alpha value is -1.55. The molecule has 1 aromatic rings. The Kier molecular flexibility index (Phi) is 10.7. The molecule has 1 unspecified atom stereocenters. The number of aliphatic imine (C=N–C) groups is 1. The van der Waals surface area contributed by atoms with Crippen molar-refractivity contribution in [3.8, 4) is 5.75 Å². The molecule has 1 saturated carbocycles. The van der Waals surface area contributed by atoms with Gasteiger partial charge in [0.25, 0.3) is 5.91 Å². The third-order valence-electron chi connectivity index (χ3n) is 5.75. The normalized spacial score (nSPS) is 20.0. The number of amides is 1. The molecule has 7 nitrogen and oxygen atoms in total. The molecule has 1 aromatic carbocycles. The van der Waals surface area contributed by atoms with E-state index in [4.69, 9.17) is 0 Å². The molecule has 0 radical (unpaired) electrons. The number of benzene rings is 1. The predicted molar refractivity (Wildman–Crippen MR) is 132 cm³/mol. The molecule has 1 atom stereocenters. The second-order valence-corrected chi connectivity index (χ2v) is 8.10.